The molecule has 1 heterocycles. The Morgan fingerprint density at radius 3 is 2.51 bits per heavy atom. The summed E-state index contributed by atoms with van der Waals surface area (Å²) in [5, 5.41) is 33.2. The van der Waals surface area contributed by atoms with E-state index in [1.807, 2.05) is 6.07 Å². The molecule has 1 unspecified atom stereocenters. The molecule has 0 bridgehead atoms. The predicted octanol–water partition coefficient (Wildman–Crippen LogP) is 1.54. The second-order valence-corrected chi connectivity index (χ2v) is 7.97. The van der Waals surface area contributed by atoms with Crippen molar-refractivity contribution in [2.24, 2.45) is 0 Å². The van der Waals surface area contributed by atoms with Gasteiger partial charge in [-0.2, -0.15) is 5.26 Å². The van der Waals surface area contributed by atoms with Crippen LogP contribution in [0.2, 0.25) is 0 Å². The van der Waals surface area contributed by atoms with Gasteiger partial charge >= 0.3 is 19.6 Å². The molecule has 2 aromatic rings. The molecule has 196 valence electrons. The van der Waals surface area contributed by atoms with E-state index in [0.29, 0.717) is 5.56 Å². The standard InChI is InChI=1S/C22H21BF3N3O8/c1-21(11-27,29-19(30)13-2-5-15(6-3-13)37-22(24,25)26)12-35-16-7-4-14-10-36-23(33)17(14)18(16)34-9-8-28-20(31)32/h2-7,28,33H,8-10,12H2,1H3,(H,29,30)(H,31,32). The second-order valence-electron chi connectivity index (χ2n) is 7.97. The summed E-state index contributed by atoms with van der Waals surface area (Å²) >= 11 is 0. The van der Waals surface area contributed by atoms with Crippen LogP contribution >= 0.6 is 0 Å². The molecule has 11 nitrogen and oxygen atoms in total. The van der Waals surface area contributed by atoms with Crippen LogP contribution in [0.1, 0.15) is 22.8 Å². The monoisotopic (exact) mass is 523 g/mol. The zero-order valence-corrected chi connectivity index (χ0v) is 19.3. The van der Waals surface area contributed by atoms with Crippen molar-refractivity contribution in [3.8, 4) is 23.3 Å². The van der Waals surface area contributed by atoms with E-state index < -0.39 is 36.8 Å². The number of carboxylic acid groups (broad SMARTS) is 1. The van der Waals surface area contributed by atoms with Crippen molar-refractivity contribution in [3.63, 3.8) is 0 Å². The molecule has 1 atom stereocenters. The first kappa shape index (κ1) is 27.4. The van der Waals surface area contributed by atoms with E-state index in [4.69, 9.17) is 19.2 Å². The first-order valence-electron chi connectivity index (χ1n) is 10.7. The number of amides is 2. The summed E-state index contributed by atoms with van der Waals surface area (Å²) in [7, 11) is -1.31. The van der Waals surface area contributed by atoms with E-state index in [0.717, 1.165) is 24.3 Å². The van der Waals surface area contributed by atoms with Gasteiger partial charge < -0.3 is 39.6 Å². The molecule has 0 radical (unpaired) electrons. The van der Waals surface area contributed by atoms with Crippen LogP contribution < -0.4 is 30.3 Å². The van der Waals surface area contributed by atoms with Gasteiger partial charge in [0.25, 0.3) is 5.91 Å². The highest BCUT2D eigenvalue weighted by Crippen LogP contribution is 2.30. The maximum atomic E-state index is 12.6. The van der Waals surface area contributed by atoms with Crippen LogP contribution in [-0.2, 0) is 11.3 Å². The fraction of sp³-hybridized carbons (Fsp3) is 0.318. The maximum absolute atomic E-state index is 12.6. The number of rotatable bonds is 10. The number of alkyl halides is 3. The highest BCUT2D eigenvalue weighted by atomic mass is 19.4. The minimum atomic E-state index is -4.88. The summed E-state index contributed by atoms with van der Waals surface area (Å²) in [6.45, 7) is 0.929. The third-order valence-electron chi connectivity index (χ3n) is 5.02. The van der Waals surface area contributed by atoms with E-state index in [1.54, 1.807) is 6.07 Å². The van der Waals surface area contributed by atoms with Crippen LogP contribution in [0.4, 0.5) is 18.0 Å². The van der Waals surface area contributed by atoms with Crippen molar-refractivity contribution in [2.75, 3.05) is 19.8 Å². The molecule has 0 aliphatic carbocycles. The number of ether oxygens (including phenoxy) is 3. The minimum absolute atomic E-state index is 0.0243. The van der Waals surface area contributed by atoms with Crippen LogP contribution in [0.3, 0.4) is 0 Å². The lowest BCUT2D eigenvalue weighted by Crippen LogP contribution is -2.49. The van der Waals surface area contributed by atoms with Crippen molar-refractivity contribution in [3.05, 3.63) is 47.5 Å². The summed E-state index contributed by atoms with van der Waals surface area (Å²) < 4.78 is 57.3. The Kier molecular flexibility index (Phi) is 8.36. The summed E-state index contributed by atoms with van der Waals surface area (Å²) in [6.07, 6.45) is -6.12. The number of fused-ring (bicyclic) bond motifs is 1. The van der Waals surface area contributed by atoms with Crippen molar-refractivity contribution >= 4 is 24.6 Å². The molecular weight excluding hydrogens is 502 g/mol. The average molecular weight is 523 g/mol. The number of benzene rings is 2. The number of carbonyl (C=O) groups is 2. The zero-order chi connectivity index (χ0) is 27.2. The second kappa shape index (κ2) is 11.3. The van der Waals surface area contributed by atoms with Gasteiger partial charge in [-0.05, 0) is 42.8 Å². The molecule has 0 saturated carbocycles. The fourth-order valence-electron chi connectivity index (χ4n) is 3.29. The van der Waals surface area contributed by atoms with Gasteiger partial charge in [0, 0.05) is 11.0 Å². The van der Waals surface area contributed by atoms with E-state index in [9.17, 15) is 33.0 Å². The molecule has 2 amide bonds. The summed E-state index contributed by atoms with van der Waals surface area (Å²) in [4.78, 5) is 23.3. The SMILES string of the molecule is CC(C#N)(COc1ccc2c(c1OCCNC(=O)O)B(O)OC2)NC(=O)c1ccc(OC(F)(F)F)cc1. The van der Waals surface area contributed by atoms with Crippen LogP contribution in [0.25, 0.3) is 0 Å². The Balaban J connectivity index is 1.71. The molecule has 4 N–H and O–H groups in total. The van der Waals surface area contributed by atoms with E-state index >= 15 is 0 Å². The summed E-state index contributed by atoms with van der Waals surface area (Å²) in [5.41, 5.74) is -0.704. The van der Waals surface area contributed by atoms with E-state index in [2.05, 4.69) is 15.4 Å². The lowest BCUT2D eigenvalue weighted by molar-refractivity contribution is -0.274. The van der Waals surface area contributed by atoms with Crippen molar-refractivity contribution in [1.29, 1.82) is 5.26 Å². The van der Waals surface area contributed by atoms with Gasteiger partial charge in [0.05, 0.1) is 19.2 Å². The third kappa shape index (κ3) is 7.42. The summed E-state index contributed by atoms with van der Waals surface area (Å²) in [6, 6.07) is 9.18. The first-order chi connectivity index (χ1) is 17.4. The van der Waals surface area contributed by atoms with Crippen molar-refractivity contribution < 1.29 is 51.8 Å². The highest BCUT2D eigenvalue weighted by molar-refractivity contribution is 6.62. The van der Waals surface area contributed by atoms with Gasteiger partial charge in [0.2, 0.25) is 0 Å². The third-order valence-corrected chi connectivity index (χ3v) is 5.02. The topological polar surface area (TPSA) is 159 Å². The Morgan fingerprint density at radius 1 is 1.19 bits per heavy atom. The average Bonchev–Trinajstić information content (AvgIpc) is 3.21. The van der Waals surface area contributed by atoms with Gasteiger partial charge in [0.15, 0.2) is 17.0 Å². The molecule has 3 rings (SSSR count). The lowest BCUT2D eigenvalue weighted by atomic mass is 9.78. The smallest absolute Gasteiger partial charge is 0.488 e. The first-order valence-corrected chi connectivity index (χ1v) is 10.7. The molecule has 15 heteroatoms. The van der Waals surface area contributed by atoms with Crippen molar-refractivity contribution in [1.82, 2.24) is 10.6 Å². The van der Waals surface area contributed by atoms with E-state index in [-0.39, 0.29) is 48.9 Å². The van der Waals surface area contributed by atoms with Crippen LogP contribution in [0.15, 0.2) is 36.4 Å². The number of nitriles is 1. The molecule has 37 heavy (non-hydrogen) atoms. The molecule has 0 spiro atoms. The minimum Gasteiger partial charge on any atom is -0.488 e. The van der Waals surface area contributed by atoms with Gasteiger partial charge in [-0.3, -0.25) is 4.79 Å². The number of hydrogen-bond acceptors (Lipinski definition) is 8. The van der Waals surface area contributed by atoms with E-state index in [1.165, 1.54) is 13.0 Å². The van der Waals surface area contributed by atoms with Crippen LogP contribution in [0, 0.1) is 11.3 Å². The largest absolute Gasteiger partial charge is 0.573 e. The molecule has 1 aliphatic heterocycles. The van der Waals surface area contributed by atoms with Crippen molar-refractivity contribution in [2.45, 2.75) is 25.4 Å². The fourth-order valence-corrected chi connectivity index (χ4v) is 3.29. The summed E-state index contributed by atoms with van der Waals surface area (Å²) in [5.74, 6) is -1.07. The Bertz CT molecular complexity index is 1190. The van der Waals surface area contributed by atoms with Gasteiger partial charge in [0.1, 0.15) is 19.0 Å². The van der Waals surface area contributed by atoms with Crippen LogP contribution in [-0.4, -0.2) is 60.9 Å². The van der Waals surface area contributed by atoms with Gasteiger partial charge in [-0.25, -0.2) is 4.79 Å². The molecular formula is C22H21BF3N3O8. The number of nitrogens with one attached hydrogen (secondary N) is 2. The molecule has 0 saturated heterocycles. The normalized spacial score (nSPS) is 14.1. The Morgan fingerprint density at radius 2 is 1.89 bits per heavy atom. The predicted molar refractivity (Wildman–Crippen MR) is 120 cm³/mol. The molecule has 0 fully saturated rings. The lowest BCUT2D eigenvalue weighted by Gasteiger charge is -2.25. The quantitative estimate of drug-likeness (QED) is 0.268. The van der Waals surface area contributed by atoms with Gasteiger partial charge in [-0.15, -0.1) is 13.2 Å². The number of nitrogens with zero attached hydrogens (tertiary/aromatic N) is 1. The highest BCUT2D eigenvalue weighted by Gasteiger charge is 2.35. The van der Waals surface area contributed by atoms with Crippen LogP contribution in [0.5, 0.6) is 17.2 Å². The number of hydrogen-bond donors (Lipinski definition) is 4. The Labute approximate surface area is 208 Å². The Hall–Kier alpha value is -4.16. The molecule has 1 aliphatic rings. The number of carbonyl (C=O) groups excluding carboxylic acids is 1. The van der Waals surface area contributed by atoms with Gasteiger partial charge in [-0.1, -0.05) is 6.07 Å². The number of halogens is 3. The maximum Gasteiger partial charge on any atom is 0.573 e. The molecule has 2 aromatic carbocycles. The zero-order valence-electron chi connectivity index (χ0n) is 19.3. The molecule has 0 aromatic heterocycles.